The molecule has 5 heteroatoms. The highest BCUT2D eigenvalue weighted by Gasteiger charge is 2.23. The first kappa shape index (κ1) is 13.1. The lowest BCUT2D eigenvalue weighted by Gasteiger charge is -2.15. The second kappa shape index (κ2) is 5.63. The van der Waals surface area contributed by atoms with Gasteiger partial charge < -0.3 is 9.64 Å². The number of alkyl halides is 1. The molecule has 1 aliphatic heterocycles. The Morgan fingerprint density at radius 1 is 1.35 bits per heavy atom. The smallest absolute Gasteiger partial charge is 0.175 e. The number of Topliss-reactive ketones (excluding diaryl/α,β-unsaturated/α-hetero) is 1. The zero-order valence-electron chi connectivity index (χ0n) is 10.8. The lowest BCUT2D eigenvalue weighted by molar-refractivity contribution is 0.102. The average Bonchev–Trinajstić information content (AvgIpc) is 2.90. The predicted molar refractivity (Wildman–Crippen MR) is 80.5 cm³/mol. The summed E-state index contributed by atoms with van der Waals surface area (Å²) in [6.07, 6.45) is 1.61. The van der Waals surface area contributed by atoms with Crippen LogP contribution in [0.3, 0.4) is 0 Å². The summed E-state index contributed by atoms with van der Waals surface area (Å²) >= 11 is 3.16. The third-order valence-electron chi connectivity index (χ3n) is 3.17. The van der Waals surface area contributed by atoms with Gasteiger partial charge in [0.05, 0.1) is 5.33 Å². The summed E-state index contributed by atoms with van der Waals surface area (Å²) in [5, 5.41) is 0.293. The molecule has 0 radical (unpaired) electrons. The maximum Gasteiger partial charge on any atom is 0.175 e. The number of rotatable bonds is 4. The standard InChI is InChI=1S/C15H13BrN2O2/c16-7-13(19)12-6-14-15(17-8-12)18(10-20-14)9-11-4-2-1-3-5-11/h1-6,8H,7,9-10H2. The fourth-order valence-electron chi connectivity index (χ4n) is 2.14. The van der Waals surface area contributed by atoms with E-state index in [4.69, 9.17) is 4.74 Å². The molecule has 0 saturated heterocycles. The van der Waals surface area contributed by atoms with E-state index >= 15 is 0 Å². The van der Waals surface area contributed by atoms with E-state index in [9.17, 15) is 4.79 Å². The quantitative estimate of drug-likeness (QED) is 0.637. The van der Waals surface area contributed by atoms with Crippen molar-refractivity contribution in [3.63, 3.8) is 0 Å². The third kappa shape index (κ3) is 2.54. The van der Waals surface area contributed by atoms with Gasteiger partial charge >= 0.3 is 0 Å². The zero-order chi connectivity index (χ0) is 13.9. The molecular formula is C15H13BrN2O2. The number of carbonyl (C=O) groups is 1. The van der Waals surface area contributed by atoms with E-state index in [0.717, 1.165) is 12.4 Å². The van der Waals surface area contributed by atoms with Crippen LogP contribution in [0.4, 0.5) is 5.82 Å². The molecule has 4 nitrogen and oxygen atoms in total. The Hall–Kier alpha value is -1.88. The molecular weight excluding hydrogens is 320 g/mol. The summed E-state index contributed by atoms with van der Waals surface area (Å²) < 4.78 is 5.61. The molecule has 0 fully saturated rings. The number of ether oxygens (including phenoxy) is 1. The van der Waals surface area contributed by atoms with Gasteiger partial charge in [-0.1, -0.05) is 46.3 Å². The molecule has 20 heavy (non-hydrogen) atoms. The van der Waals surface area contributed by atoms with Crippen molar-refractivity contribution in [3.8, 4) is 5.75 Å². The van der Waals surface area contributed by atoms with Crippen molar-refractivity contribution in [1.82, 2.24) is 4.98 Å². The highest BCUT2D eigenvalue weighted by atomic mass is 79.9. The number of anilines is 1. The van der Waals surface area contributed by atoms with Crippen LogP contribution in [0.2, 0.25) is 0 Å². The van der Waals surface area contributed by atoms with Crippen LogP contribution in [0.15, 0.2) is 42.6 Å². The molecule has 0 N–H and O–H groups in total. The van der Waals surface area contributed by atoms with Crippen molar-refractivity contribution in [2.75, 3.05) is 17.0 Å². The topological polar surface area (TPSA) is 42.4 Å². The van der Waals surface area contributed by atoms with Gasteiger partial charge in [0.2, 0.25) is 0 Å². The Labute approximate surface area is 125 Å². The summed E-state index contributed by atoms with van der Waals surface area (Å²) in [6, 6.07) is 11.9. The molecule has 0 aliphatic carbocycles. The lowest BCUT2D eigenvalue weighted by Crippen LogP contribution is -2.21. The van der Waals surface area contributed by atoms with Gasteiger partial charge in [0, 0.05) is 18.3 Å². The first-order valence-electron chi connectivity index (χ1n) is 6.29. The Kier molecular flexibility index (Phi) is 3.69. The molecule has 0 unspecified atom stereocenters. The van der Waals surface area contributed by atoms with Crippen LogP contribution in [0.5, 0.6) is 5.75 Å². The van der Waals surface area contributed by atoms with Gasteiger partial charge in [-0.3, -0.25) is 4.79 Å². The van der Waals surface area contributed by atoms with Crippen molar-refractivity contribution in [3.05, 3.63) is 53.7 Å². The Balaban J connectivity index is 1.82. The van der Waals surface area contributed by atoms with E-state index in [1.807, 2.05) is 23.1 Å². The number of aromatic nitrogens is 1. The first-order chi connectivity index (χ1) is 9.78. The molecule has 102 valence electrons. The molecule has 0 spiro atoms. The minimum absolute atomic E-state index is 0.00501. The van der Waals surface area contributed by atoms with E-state index in [0.29, 0.717) is 23.4 Å². The molecule has 2 heterocycles. The summed E-state index contributed by atoms with van der Waals surface area (Å²) in [6.45, 7) is 1.20. The Bertz CT molecular complexity index is 631. The molecule has 0 bridgehead atoms. The highest BCUT2D eigenvalue weighted by Crippen LogP contribution is 2.33. The van der Waals surface area contributed by atoms with Crippen molar-refractivity contribution < 1.29 is 9.53 Å². The molecule has 2 aromatic rings. The van der Waals surface area contributed by atoms with E-state index in [1.165, 1.54) is 5.56 Å². The number of benzene rings is 1. The normalized spacial score (nSPS) is 12.9. The van der Waals surface area contributed by atoms with Gasteiger partial charge in [0.15, 0.2) is 24.1 Å². The van der Waals surface area contributed by atoms with Crippen LogP contribution < -0.4 is 9.64 Å². The summed E-state index contributed by atoms with van der Waals surface area (Å²) in [7, 11) is 0. The van der Waals surface area contributed by atoms with Gasteiger partial charge in [0.1, 0.15) is 0 Å². The number of fused-ring (bicyclic) bond motifs is 1. The second-order valence-corrected chi connectivity index (χ2v) is 5.12. The van der Waals surface area contributed by atoms with Crippen molar-refractivity contribution in [2.24, 2.45) is 0 Å². The number of nitrogens with zero attached hydrogens (tertiary/aromatic N) is 2. The third-order valence-corrected chi connectivity index (χ3v) is 3.68. The van der Waals surface area contributed by atoms with Crippen molar-refractivity contribution >= 4 is 27.5 Å². The highest BCUT2D eigenvalue weighted by molar-refractivity contribution is 9.09. The molecule has 1 aliphatic rings. The molecule has 1 aromatic carbocycles. The van der Waals surface area contributed by atoms with Crippen LogP contribution in [-0.2, 0) is 6.54 Å². The average molecular weight is 333 g/mol. The van der Waals surface area contributed by atoms with Gasteiger partial charge in [0.25, 0.3) is 0 Å². The van der Waals surface area contributed by atoms with Gasteiger partial charge in [-0.25, -0.2) is 4.98 Å². The Morgan fingerprint density at radius 2 is 2.15 bits per heavy atom. The monoisotopic (exact) mass is 332 g/mol. The van der Waals surface area contributed by atoms with Crippen LogP contribution in [-0.4, -0.2) is 22.8 Å². The second-order valence-electron chi connectivity index (χ2n) is 4.56. The summed E-state index contributed by atoms with van der Waals surface area (Å²) in [5.74, 6) is 1.47. The zero-order valence-corrected chi connectivity index (χ0v) is 12.3. The number of pyridine rings is 1. The number of halogens is 1. The van der Waals surface area contributed by atoms with E-state index in [1.54, 1.807) is 12.3 Å². The Morgan fingerprint density at radius 3 is 2.90 bits per heavy atom. The fourth-order valence-corrected chi connectivity index (χ4v) is 2.47. The van der Waals surface area contributed by atoms with Gasteiger partial charge in [-0.2, -0.15) is 0 Å². The summed E-state index contributed by atoms with van der Waals surface area (Å²) in [4.78, 5) is 18.0. The SMILES string of the molecule is O=C(CBr)c1cnc2c(c1)OCN2Cc1ccccc1. The largest absolute Gasteiger partial charge is 0.469 e. The van der Waals surface area contributed by atoms with Crippen LogP contribution >= 0.6 is 15.9 Å². The minimum atomic E-state index is 0.00501. The van der Waals surface area contributed by atoms with E-state index in [-0.39, 0.29) is 5.78 Å². The molecule has 0 amide bonds. The van der Waals surface area contributed by atoms with Crippen LogP contribution in [0.1, 0.15) is 15.9 Å². The number of carbonyl (C=O) groups excluding carboxylic acids is 1. The summed E-state index contributed by atoms with van der Waals surface area (Å²) in [5.41, 5.74) is 1.77. The fraction of sp³-hybridized carbons (Fsp3) is 0.200. The maximum atomic E-state index is 11.6. The number of ketones is 1. The molecule has 0 atom stereocenters. The van der Waals surface area contributed by atoms with E-state index < -0.39 is 0 Å². The van der Waals surface area contributed by atoms with Crippen LogP contribution in [0.25, 0.3) is 0 Å². The van der Waals surface area contributed by atoms with Crippen molar-refractivity contribution in [2.45, 2.75) is 6.54 Å². The van der Waals surface area contributed by atoms with Gasteiger partial charge in [-0.05, 0) is 11.6 Å². The first-order valence-corrected chi connectivity index (χ1v) is 7.41. The molecule has 1 aromatic heterocycles. The number of hydrogen-bond acceptors (Lipinski definition) is 4. The van der Waals surface area contributed by atoms with E-state index in [2.05, 4.69) is 33.0 Å². The van der Waals surface area contributed by atoms with Gasteiger partial charge in [-0.15, -0.1) is 0 Å². The predicted octanol–water partition coefficient (Wildman–Crippen LogP) is 3.02. The maximum absolute atomic E-state index is 11.6. The number of hydrogen-bond donors (Lipinski definition) is 0. The van der Waals surface area contributed by atoms with Crippen LogP contribution in [0, 0.1) is 0 Å². The molecule has 3 rings (SSSR count). The van der Waals surface area contributed by atoms with Crippen molar-refractivity contribution in [1.29, 1.82) is 0 Å². The molecule has 0 saturated carbocycles. The minimum Gasteiger partial charge on any atom is -0.469 e. The lowest BCUT2D eigenvalue weighted by atomic mass is 10.2.